The van der Waals surface area contributed by atoms with E-state index in [9.17, 15) is 32.4 Å². The molecule has 0 radical (unpaired) electrons. The number of amides is 1. The Kier molecular flexibility index (Phi) is 6.48. The number of hydrogen-bond donors (Lipinski definition) is 1. The molecule has 2 aromatic rings. The molecule has 1 N–H and O–H groups in total. The molecule has 1 aliphatic heterocycles. The summed E-state index contributed by atoms with van der Waals surface area (Å²) in [6.07, 6.45) is -4.99. The lowest BCUT2D eigenvalue weighted by molar-refractivity contribution is -0.211. The molecule has 1 aromatic carbocycles. The van der Waals surface area contributed by atoms with Crippen LogP contribution in [0.1, 0.15) is 29.1 Å². The van der Waals surface area contributed by atoms with E-state index in [1.807, 2.05) is 0 Å². The molecule has 1 fully saturated rings. The van der Waals surface area contributed by atoms with Crippen LogP contribution in [-0.2, 0) is 20.5 Å². The molecule has 14 heteroatoms. The Morgan fingerprint density at radius 2 is 1.91 bits per heavy atom. The number of ether oxygens (including phenoxy) is 1. The predicted octanol–water partition coefficient (Wildman–Crippen LogP) is 2.29. The van der Waals surface area contributed by atoms with E-state index in [1.54, 1.807) is 0 Å². The van der Waals surface area contributed by atoms with Crippen molar-refractivity contribution in [2.45, 2.75) is 24.6 Å². The summed E-state index contributed by atoms with van der Waals surface area (Å²) in [4.78, 5) is 33.4. The highest BCUT2D eigenvalue weighted by molar-refractivity contribution is 5.98. The Hall–Kier alpha value is -3.10. The van der Waals surface area contributed by atoms with Crippen LogP contribution in [-0.4, -0.2) is 70.2 Å². The minimum Gasteiger partial charge on any atom is -0.467 e. The molecule has 3 rings (SSSR count). The normalized spacial score (nSPS) is 16.6. The third-order valence-corrected chi connectivity index (χ3v) is 5.10. The fourth-order valence-corrected chi connectivity index (χ4v) is 3.32. The van der Waals surface area contributed by atoms with Crippen molar-refractivity contribution in [3.05, 3.63) is 35.5 Å². The highest BCUT2D eigenvalue weighted by Crippen LogP contribution is 2.32. The summed E-state index contributed by atoms with van der Waals surface area (Å²) < 4.78 is 61.3. The topological polar surface area (TPSA) is 118 Å². The number of carbonyl (C=O) groups excluding carboxylic acids is 2. The van der Waals surface area contributed by atoms with Crippen molar-refractivity contribution < 1.29 is 46.5 Å². The lowest BCUT2D eigenvalue weighted by Gasteiger charge is -2.42. The van der Waals surface area contributed by atoms with Crippen LogP contribution in [0.15, 0.2) is 22.7 Å². The van der Waals surface area contributed by atoms with Crippen molar-refractivity contribution in [1.82, 2.24) is 20.3 Å². The number of halogens is 4. The van der Waals surface area contributed by atoms with Crippen molar-refractivity contribution in [3.63, 3.8) is 0 Å². The summed E-state index contributed by atoms with van der Waals surface area (Å²) in [6, 6.07) is 2.72. The summed E-state index contributed by atoms with van der Waals surface area (Å²) in [5.41, 5.74) is -2.60. The molecule has 174 valence electrons. The zero-order valence-corrected chi connectivity index (χ0v) is 16.8. The second kappa shape index (κ2) is 8.80. The van der Waals surface area contributed by atoms with Gasteiger partial charge in [-0.2, -0.15) is 23.2 Å². The molecule has 2 heterocycles. The number of carbonyl (C=O) groups is 2. The Morgan fingerprint density at radius 3 is 2.41 bits per heavy atom. The molecular formula is C18H18F4N4O6. The highest BCUT2D eigenvalue weighted by Gasteiger charge is 2.50. The van der Waals surface area contributed by atoms with E-state index < -0.39 is 46.7 Å². The first kappa shape index (κ1) is 23.6. The smallest absolute Gasteiger partial charge is 0.467 e. The van der Waals surface area contributed by atoms with Crippen LogP contribution >= 0.6 is 0 Å². The van der Waals surface area contributed by atoms with E-state index in [2.05, 4.69) is 14.7 Å². The first-order valence-electron chi connectivity index (χ1n) is 9.15. The Bertz CT molecular complexity index is 1000. The van der Waals surface area contributed by atoms with Crippen LogP contribution in [0.3, 0.4) is 0 Å². The van der Waals surface area contributed by atoms with Gasteiger partial charge in [0.25, 0.3) is 5.91 Å². The Labute approximate surface area is 178 Å². The van der Waals surface area contributed by atoms with E-state index in [0.717, 1.165) is 19.2 Å². The average Bonchev–Trinajstić information content (AvgIpc) is 3.28. The number of piperidine rings is 1. The molecule has 0 unspecified atom stereocenters. The lowest BCUT2D eigenvalue weighted by atomic mass is 9.87. The third-order valence-electron chi connectivity index (χ3n) is 5.10. The monoisotopic (exact) mass is 462 g/mol. The molecule has 0 saturated carbocycles. The molecule has 0 atom stereocenters. The van der Waals surface area contributed by atoms with Crippen molar-refractivity contribution in [2.75, 3.05) is 27.3 Å². The SMILES string of the molecule is COC(=O)C1(N(O)C(=O)c2ccc(-c3noc(C(F)(F)F)n3)cc2F)CCN(OC)CC1. The number of benzene rings is 1. The first-order valence-corrected chi connectivity index (χ1v) is 9.15. The molecule has 0 spiro atoms. The molecule has 1 saturated heterocycles. The standard InChI is InChI=1S/C18H18F4N4O6/c1-30-16(28)17(5-7-25(31-2)8-6-17)26(29)14(27)11-4-3-10(9-12(11)19)13-23-15(32-24-13)18(20,21)22/h3-4,9,29H,5-8H2,1-2H3. The molecule has 1 aliphatic rings. The minimum atomic E-state index is -4.88. The molecule has 0 aliphatic carbocycles. The third kappa shape index (κ3) is 4.28. The maximum Gasteiger partial charge on any atom is 0.471 e. The summed E-state index contributed by atoms with van der Waals surface area (Å²) >= 11 is 0. The number of methoxy groups -OCH3 is 1. The van der Waals surface area contributed by atoms with E-state index in [1.165, 1.54) is 12.2 Å². The summed E-state index contributed by atoms with van der Waals surface area (Å²) in [7, 11) is 2.51. The van der Waals surface area contributed by atoms with Crippen molar-refractivity contribution in [3.8, 4) is 11.4 Å². The van der Waals surface area contributed by atoms with E-state index in [0.29, 0.717) is 6.07 Å². The molecule has 32 heavy (non-hydrogen) atoms. The van der Waals surface area contributed by atoms with Crippen LogP contribution < -0.4 is 0 Å². The van der Waals surface area contributed by atoms with Gasteiger partial charge >= 0.3 is 18.0 Å². The van der Waals surface area contributed by atoms with Gasteiger partial charge < -0.3 is 14.1 Å². The van der Waals surface area contributed by atoms with Crippen LogP contribution in [0.5, 0.6) is 0 Å². The number of aromatic nitrogens is 2. The number of rotatable bonds is 5. The lowest BCUT2D eigenvalue weighted by Crippen LogP contribution is -2.61. The van der Waals surface area contributed by atoms with Gasteiger partial charge in [0.15, 0.2) is 5.54 Å². The van der Waals surface area contributed by atoms with E-state index >= 15 is 0 Å². The maximum atomic E-state index is 14.7. The maximum absolute atomic E-state index is 14.7. The van der Waals surface area contributed by atoms with Crippen molar-refractivity contribution in [1.29, 1.82) is 0 Å². The predicted molar refractivity (Wildman–Crippen MR) is 95.2 cm³/mol. The first-order chi connectivity index (χ1) is 15.0. The second-order valence-corrected chi connectivity index (χ2v) is 6.87. The van der Waals surface area contributed by atoms with Crippen molar-refractivity contribution >= 4 is 11.9 Å². The van der Waals surface area contributed by atoms with Gasteiger partial charge in [-0.05, 0) is 25.0 Å². The van der Waals surface area contributed by atoms with Crippen LogP contribution in [0.4, 0.5) is 17.6 Å². The highest BCUT2D eigenvalue weighted by atomic mass is 19.4. The fraction of sp³-hybridized carbons (Fsp3) is 0.444. The molecule has 0 bridgehead atoms. The fourth-order valence-electron chi connectivity index (χ4n) is 3.32. The second-order valence-electron chi connectivity index (χ2n) is 6.87. The molecule has 1 aromatic heterocycles. The van der Waals surface area contributed by atoms with Gasteiger partial charge in [-0.3, -0.25) is 10.0 Å². The number of nitrogens with zero attached hydrogens (tertiary/aromatic N) is 4. The van der Waals surface area contributed by atoms with Gasteiger partial charge in [-0.15, -0.1) is 0 Å². The van der Waals surface area contributed by atoms with Gasteiger partial charge in [-0.1, -0.05) is 11.2 Å². The zero-order valence-electron chi connectivity index (χ0n) is 16.8. The number of hydroxylamine groups is 4. The summed E-state index contributed by atoms with van der Waals surface area (Å²) in [5.74, 6) is -5.48. The molecule has 10 nitrogen and oxygen atoms in total. The largest absolute Gasteiger partial charge is 0.471 e. The minimum absolute atomic E-state index is 0.0570. The quantitative estimate of drug-likeness (QED) is 0.309. The van der Waals surface area contributed by atoms with Gasteiger partial charge in [0.05, 0.1) is 19.8 Å². The molecule has 1 amide bonds. The Balaban J connectivity index is 1.88. The van der Waals surface area contributed by atoms with E-state index in [4.69, 9.17) is 9.57 Å². The van der Waals surface area contributed by atoms with Gasteiger partial charge in [-0.25, -0.2) is 14.2 Å². The average molecular weight is 462 g/mol. The van der Waals surface area contributed by atoms with Crippen LogP contribution in [0, 0.1) is 5.82 Å². The number of esters is 1. The van der Waals surface area contributed by atoms with Gasteiger partial charge in [0.2, 0.25) is 5.82 Å². The summed E-state index contributed by atoms with van der Waals surface area (Å²) in [6.45, 7) is 0.355. The van der Waals surface area contributed by atoms with Gasteiger partial charge in [0.1, 0.15) is 5.82 Å². The number of hydrogen-bond acceptors (Lipinski definition) is 9. The van der Waals surface area contributed by atoms with E-state index in [-0.39, 0.29) is 36.6 Å². The summed E-state index contributed by atoms with van der Waals surface area (Å²) in [5, 5.41) is 15.4. The zero-order chi connectivity index (χ0) is 23.7. The molecular weight excluding hydrogens is 444 g/mol. The van der Waals surface area contributed by atoms with Crippen molar-refractivity contribution in [2.24, 2.45) is 0 Å². The Morgan fingerprint density at radius 1 is 1.25 bits per heavy atom. The van der Waals surface area contributed by atoms with Crippen LogP contribution in [0.2, 0.25) is 0 Å². The number of alkyl halides is 3. The van der Waals surface area contributed by atoms with Crippen LogP contribution in [0.25, 0.3) is 11.4 Å². The van der Waals surface area contributed by atoms with Gasteiger partial charge in [0, 0.05) is 18.7 Å².